The smallest absolute Gasteiger partial charge is 0.253 e. The van der Waals surface area contributed by atoms with E-state index in [0.717, 1.165) is 16.5 Å². The summed E-state index contributed by atoms with van der Waals surface area (Å²) in [5, 5.41) is 0.663. The van der Waals surface area contributed by atoms with Crippen LogP contribution in [0, 0.1) is 9.49 Å². The van der Waals surface area contributed by atoms with E-state index in [4.69, 9.17) is 23.2 Å². The second-order valence-corrected chi connectivity index (χ2v) is 6.79. The van der Waals surface area contributed by atoms with E-state index in [1.165, 1.54) is 0 Å². The van der Waals surface area contributed by atoms with Gasteiger partial charge < -0.3 is 4.90 Å². The van der Waals surface area contributed by atoms with E-state index in [9.17, 15) is 4.79 Å². The van der Waals surface area contributed by atoms with Gasteiger partial charge in [0, 0.05) is 22.2 Å². The molecule has 1 aromatic rings. The number of hydrogen-bond donors (Lipinski definition) is 0. The van der Waals surface area contributed by atoms with Gasteiger partial charge in [0.1, 0.15) is 0 Å². The van der Waals surface area contributed by atoms with Crippen LogP contribution >= 0.6 is 45.8 Å². The Morgan fingerprint density at radius 2 is 2.22 bits per heavy atom. The van der Waals surface area contributed by atoms with Crippen LogP contribution in [0.5, 0.6) is 0 Å². The van der Waals surface area contributed by atoms with Crippen LogP contribution < -0.4 is 0 Å². The molecule has 1 saturated heterocycles. The Balaban J connectivity index is 2.14. The Labute approximate surface area is 131 Å². The zero-order chi connectivity index (χ0) is 13.3. The average Bonchev–Trinajstić information content (AvgIpc) is 2.35. The molecule has 0 N–H and O–H groups in total. The van der Waals surface area contributed by atoms with Crippen LogP contribution in [0.15, 0.2) is 18.2 Å². The topological polar surface area (TPSA) is 20.3 Å². The van der Waals surface area contributed by atoms with Gasteiger partial charge in [-0.3, -0.25) is 4.79 Å². The summed E-state index contributed by atoms with van der Waals surface area (Å²) in [6.45, 7) is 3.51. The summed E-state index contributed by atoms with van der Waals surface area (Å²) in [6, 6.07) is 5.41. The van der Waals surface area contributed by atoms with Crippen LogP contribution in [0.2, 0.25) is 5.02 Å². The molecule has 1 aromatic carbocycles. The highest BCUT2D eigenvalue weighted by atomic mass is 127. The van der Waals surface area contributed by atoms with Crippen LogP contribution in [0.1, 0.15) is 23.7 Å². The molecule has 1 heterocycles. The van der Waals surface area contributed by atoms with Crippen molar-refractivity contribution >= 4 is 51.7 Å². The minimum absolute atomic E-state index is 0.0193. The first-order valence-corrected chi connectivity index (χ1v) is 7.76. The van der Waals surface area contributed by atoms with Crippen molar-refractivity contribution < 1.29 is 4.79 Å². The first-order valence-electron chi connectivity index (χ1n) is 5.87. The minimum atomic E-state index is 0.0193. The van der Waals surface area contributed by atoms with Gasteiger partial charge in [0.25, 0.3) is 5.91 Å². The Kier molecular flexibility index (Phi) is 4.78. The number of likely N-dealkylation sites (tertiary alicyclic amines) is 1. The molecule has 0 aliphatic carbocycles. The number of hydrogen-bond acceptors (Lipinski definition) is 1. The summed E-state index contributed by atoms with van der Waals surface area (Å²) in [5.74, 6) is 0.488. The first-order chi connectivity index (χ1) is 8.49. The van der Waals surface area contributed by atoms with Gasteiger partial charge in [-0.05, 0) is 53.1 Å². The predicted molar refractivity (Wildman–Crippen MR) is 83.5 cm³/mol. The van der Waals surface area contributed by atoms with Crippen molar-refractivity contribution in [2.24, 2.45) is 5.92 Å². The van der Waals surface area contributed by atoms with E-state index in [0.29, 0.717) is 23.0 Å². The number of carbonyl (C=O) groups is 1. The van der Waals surface area contributed by atoms with Crippen molar-refractivity contribution in [2.45, 2.75) is 18.7 Å². The third kappa shape index (κ3) is 3.11. The molecule has 2 rings (SSSR count). The molecule has 0 aromatic heterocycles. The Bertz CT molecular complexity index is 466. The summed E-state index contributed by atoms with van der Waals surface area (Å²) in [4.78, 5) is 14.1. The van der Waals surface area contributed by atoms with Crippen LogP contribution in [-0.2, 0) is 0 Å². The largest absolute Gasteiger partial charge is 0.337 e. The van der Waals surface area contributed by atoms with Gasteiger partial charge >= 0.3 is 0 Å². The maximum atomic E-state index is 12.3. The van der Waals surface area contributed by atoms with Crippen LogP contribution in [0.3, 0.4) is 0 Å². The maximum absolute atomic E-state index is 12.3. The number of halogens is 3. The molecule has 1 aliphatic rings. The van der Waals surface area contributed by atoms with Gasteiger partial charge in [0.2, 0.25) is 0 Å². The summed E-state index contributed by atoms with van der Waals surface area (Å²) in [6.07, 6.45) is 0.956. The Morgan fingerprint density at radius 1 is 1.50 bits per heavy atom. The van der Waals surface area contributed by atoms with Crippen molar-refractivity contribution in [3.63, 3.8) is 0 Å². The molecule has 98 valence electrons. The van der Waals surface area contributed by atoms with E-state index in [-0.39, 0.29) is 11.3 Å². The fourth-order valence-corrected chi connectivity index (χ4v) is 2.83. The average molecular weight is 398 g/mol. The third-order valence-electron chi connectivity index (χ3n) is 3.32. The molecule has 2 nitrogen and oxygen atoms in total. The number of carbonyl (C=O) groups excluding carboxylic acids is 1. The number of amides is 1. The molecule has 18 heavy (non-hydrogen) atoms. The Morgan fingerprint density at radius 3 is 2.83 bits per heavy atom. The lowest BCUT2D eigenvalue weighted by molar-refractivity contribution is 0.0701. The van der Waals surface area contributed by atoms with E-state index < -0.39 is 0 Å². The van der Waals surface area contributed by atoms with Crippen LogP contribution in [0.4, 0.5) is 0 Å². The molecular formula is C13H14Cl2INO. The number of benzene rings is 1. The van der Waals surface area contributed by atoms with Crippen molar-refractivity contribution in [1.29, 1.82) is 0 Å². The summed E-state index contributed by atoms with van der Waals surface area (Å²) in [7, 11) is 0. The normalized spacial score (nSPS) is 24.1. The van der Waals surface area contributed by atoms with E-state index in [1.54, 1.807) is 6.07 Å². The second kappa shape index (κ2) is 5.97. The summed E-state index contributed by atoms with van der Waals surface area (Å²) >= 11 is 14.4. The third-order valence-corrected chi connectivity index (χ3v) is 5.46. The van der Waals surface area contributed by atoms with Crippen LogP contribution in [0.25, 0.3) is 0 Å². The van der Waals surface area contributed by atoms with Gasteiger partial charge in [-0.1, -0.05) is 18.5 Å². The zero-order valence-corrected chi connectivity index (χ0v) is 13.7. The molecule has 2 atom stereocenters. The molecular weight excluding hydrogens is 384 g/mol. The molecule has 1 amide bonds. The second-order valence-electron chi connectivity index (χ2n) is 4.66. The lowest BCUT2D eigenvalue weighted by atomic mass is 9.98. The lowest BCUT2D eigenvalue weighted by Crippen LogP contribution is -2.43. The molecule has 0 spiro atoms. The van der Waals surface area contributed by atoms with Crippen molar-refractivity contribution in [2.75, 3.05) is 13.1 Å². The molecule has 2 unspecified atom stereocenters. The van der Waals surface area contributed by atoms with Gasteiger partial charge in [-0.2, -0.15) is 0 Å². The van der Waals surface area contributed by atoms with Crippen LogP contribution in [-0.4, -0.2) is 29.3 Å². The fraction of sp³-hybridized carbons (Fsp3) is 0.462. The maximum Gasteiger partial charge on any atom is 0.253 e. The number of alkyl halides is 1. The number of rotatable bonds is 1. The highest BCUT2D eigenvalue weighted by molar-refractivity contribution is 14.1. The zero-order valence-electron chi connectivity index (χ0n) is 10.00. The van der Waals surface area contributed by atoms with E-state index in [1.807, 2.05) is 17.0 Å². The predicted octanol–water partition coefficient (Wildman–Crippen LogP) is 4.03. The SMILES string of the molecule is CC1CCN(C(=O)c2ccc(I)c(Cl)c2)CC1Cl. The molecule has 0 radical (unpaired) electrons. The first kappa shape index (κ1) is 14.4. The van der Waals surface area contributed by atoms with Gasteiger partial charge in [-0.15, -0.1) is 11.6 Å². The Hall–Kier alpha value is -0.000000000000000111. The minimum Gasteiger partial charge on any atom is -0.337 e. The highest BCUT2D eigenvalue weighted by Gasteiger charge is 2.28. The standard InChI is InChI=1S/C13H14Cl2INO/c1-8-4-5-17(7-11(8)15)13(18)9-2-3-12(16)10(14)6-9/h2-3,6,8,11H,4-5,7H2,1H3. The van der Waals surface area contributed by atoms with Crippen molar-refractivity contribution in [3.05, 3.63) is 32.4 Å². The van der Waals surface area contributed by atoms with Gasteiger partial charge in [0.05, 0.1) is 10.4 Å². The summed E-state index contributed by atoms with van der Waals surface area (Å²) in [5.41, 5.74) is 0.638. The summed E-state index contributed by atoms with van der Waals surface area (Å²) < 4.78 is 0.952. The van der Waals surface area contributed by atoms with Crippen molar-refractivity contribution in [1.82, 2.24) is 4.90 Å². The van der Waals surface area contributed by atoms with Crippen molar-refractivity contribution in [3.8, 4) is 0 Å². The number of nitrogens with zero attached hydrogens (tertiary/aromatic N) is 1. The molecule has 0 saturated carbocycles. The highest BCUT2D eigenvalue weighted by Crippen LogP contribution is 2.25. The molecule has 5 heteroatoms. The molecule has 1 fully saturated rings. The van der Waals surface area contributed by atoms with Gasteiger partial charge in [-0.25, -0.2) is 0 Å². The number of piperidine rings is 1. The van der Waals surface area contributed by atoms with E-state index in [2.05, 4.69) is 29.5 Å². The van der Waals surface area contributed by atoms with Gasteiger partial charge in [0.15, 0.2) is 0 Å². The lowest BCUT2D eigenvalue weighted by Gasteiger charge is -2.34. The molecule has 0 bridgehead atoms. The van der Waals surface area contributed by atoms with E-state index >= 15 is 0 Å². The fourth-order valence-electron chi connectivity index (χ4n) is 2.02. The monoisotopic (exact) mass is 397 g/mol. The quantitative estimate of drug-likeness (QED) is 0.517. The molecule has 1 aliphatic heterocycles.